The third kappa shape index (κ3) is 5.79. The lowest BCUT2D eigenvalue weighted by molar-refractivity contribution is -0.461. The lowest BCUT2D eigenvalue weighted by Crippen LogP contribution is -2.74. The van der Waals surface area contributed by atoms with Gasteiger partial charge in [-0.3, -0.25) is 4.79 Å². The molecule has 0 radical (unpaired) electrons. The number of carbonyl (C=O) groups excluding carboxylic acids is 1. The molecule has 0 atom stereocenters. The Labute approximate surface area is 203 Å². The first kappa shape index (κ1) is 36.0. The van der Waals surface area contributed by atoms with Crippen LogP contribution in [-0.4, -0.2) is 71.5 Å². The molecule has 0 saturated heterocycles. The van der Waals surface area contributed by atoms with Gasteiger partial charge in [0.1, 0.15) is 0 Å². The van der Waals surface area contributed by atoms with E-state index in [4.69, 9.17) is 0 Å². The number of hydrogen-bond acceptors (Lipinski definition) is 1. The molecule has 0 aromatic rings. The van der Waals surface area contributed by atoms with Gasteiger partial charge in [0.25, 0.3) is 0 Å². The van der Waals surface area contributed by atoms with Gasteiger partial charge in [-0.15, -0.1) is 0 Å². The van der Waals surface area contributed by atoms with Gasteiger partial charge in [-0.1, -0.05) is 13.0 Å². The van der Waals surface area contributed by atoms with Gasteiger partial charge in [0.05, 0.1) is 0 Å². The van der Waals surface area contributed by atoms with Gasteiger partial charge in [0.15, 0.2) is 0 Å². The maximum Gasteiger partial charge on any atom is 0.460 e. The molecule has 0 fully saturated rings. The van der Waals surface area contributed by atoms with Gasteiger partial charge >= 0.3 is 47.6 Å². The Hall–Kier alpha value is -1.98. The Morgan fingerprint density at radius 3 is 1.32 bits per heavy atom. The molecule has 2 nitrogen and oxygen atoms in total. The van der Waals surface area contributed by atoms with Crippen molar-refractivity contribution in [3.63, 3.8) is 0 Å². The second-order valence-corrected chi connectivity index (χ2v) is 8.12. The van der Waals surface area contributed by atoms with Crippen LogP contribution < -0.4 is 0 Å². The minimum atomic E-state index is -8.62. The average Bonchev–Trinajstić information content (AvgIpc) is 2.73. The van der Waals surface area contributed by atoms with Crippen LogP contribution >= 0.6 is 0 Å². The van der Waals surface area contributed by atoms with E-state index in [1.54, 1.807) is 0 Å². The molecule has 0 bridgehead atoms. The first-order valence-electron chi connectivity index (χ1n) is 10.2. The number of hydrogen-bond donors (Lipinski definition) is 0. The molecular weight excluding hydrogens is 581 g/mol. The summed E-state index contributed by atoms with van der Waals surface area (Å²) >= 11 is 0. The fraction of sp³-hybridized carbons (Fsp3) is 0.842. The molecule has 38 heavy (non-hydrogen) atoms. The standard InChI is InChI=1S/C19H20F17NO/c1-4-37(11(38)10(2)3)9-7-5-6-8-12(20,21)13(22,23)14(24,25)15(26,27)16(28,29)17(30,31)18(32,33)19(34,35)36/h2,4-9H2,1,3H3. The van der Waals surface area contributed by atoms with E-state index in [9.17, 15) is 79.4 Å². The molecule has 0 aliphatic heterocycles. The second kappa shape index (κ2) is 10.9. The maximum atomic E-state index is 13.8. The lowest BCUT2D eigenvalue weighted by Gasteiger charge is -2.42. The van der Waals surface area contributed by atoms with Crippen molar-refractivity contribution in [3.8, 4) is 0 Å². The molecule has 0 unspecified atom stereocenters. The molecule has 0 spiro atoms. The topological polar surface area (TPSA) is 20.3 Å². The van der Waals surface area contributed by atoms with Crippen molar-refractivity contribution >= 4 is 5.91 Å². The molecule has 226 valence electrons. The van der Waals surface area contributed by atoms with Crippen LogP contribution in [0, 0.1) is 0 Å². The van der Waals surface area contributed by atoms with E-state index in [2.05, 4.69) is 6.58 Å². The molecule has 0 aliphatic rings. The fourth-order valence-electron chi connectivity index (χ4n) is 2.85. The normalized spacial score (nSPS) is 15.0. The SMILES string of the molecule is C=C(C)C(=O)N(CC)CCCCCC(F)(F)C(F)(F)C(F)(F)C(F)(F)C(F)(F)C(F)(F)C(F)(F)C(F)(F)F. The molecule has 0 heterocycles. The minimum Gasteiger partial charge on any atom is -0.339 e. The molecule has 0 N–H and O–H groups in total. The highest BCUT2D eigenvalue weighted by molar-refractivity contribution is 5.92. The monoisotopic (exact) mass is 601 g/mol. The number of unbranched alkanes of at least 4 members (excludes halogenated alkanes) is 2. The molecule has 0 rings (SSSR count). The van der Waals surface area contributed by atoms with Crippen molar-refractivity contribution in [2.24, 2.45) is 0 Å². The Balaban J connectivity index is 5.92. The molecule has 0 saturated carbocycles. The Morgan fingerprint density at radius 1 is 0.605 bits per heavy atom. The first-order valence-corrected chi connectivity index (χ1v) is 10.2. The summed E-state index contributed by atoms with van der Waals surface area (Å²) in [7, 11) is 0. The van der Waals surface area contributed by atoms with Gasteiger partial charge < -0.3 is 4.90 Å². The predicted octanol–water partition coefficient (Wildman–Crippen LogP) is 7.98. The zero-order valence-corrected chi connectivity index (χ0v) is 19.2. The van der Waals surface area contributed by atoms with Gasteiger partial charge in [0, 0.05) is 25.1 Å². The van der Waals surface area contributed by atoms with Crippen LogP contribution in [0.2, 0.25) is 0 Å². The third-order valence-corrected chi connectivity index (χ3v) is 5.24. The highest BCUT2D eigenvalue weighted by Crippen LogP contribution is 2.64. The predicted molar refractivity (Wildman–Crippen MR) is 96.2 cm³/mol. The van der Waals surface area contributed by atoms with Gasteiger partial charge in [-0.2, -0.15) is 74.6 Å². The smallest absolute Gasteiger partial charge is 0.339 e. The van der Waals surface area contributed by atoms with Crippen molar-refractivity contribution in [2.75, 3.05) is 13.1 Å². The largest absolute Gasteiger partial charge is 0.460 e. The number of likely N-dealkylation sites (N-methyl/N-ethyl adjacent to an activating group) is 1. The summed E-state index contributed by atoms with van der Waals surface area (Å²) in [4.78, 5) is 12.8. The van der Waals surface area contributed by atoms with Gasteiger partial charge in [-0.05, 0) is 26.7 Å². The minimum absolute atomic E-state index is 0.0385. The molecule has 1 amide bonds. The van der Waals surface area contributed by atoms with E-state index in [0.29, 0.717) is 0 Å². The summed E-state index contributed by atoms with van der Waals surface area (Å²) in [5, 5.41) is 0. The number of halogens is 17. The maximum absolute atomic E-state index is 13.8. The molecule has 0 aliphatic carbocycles. The van der Waals surface area contributed by atoms with Gasteiger partial charge in [0.2, 0.25) is 5.91 Å². The summed E-state index contributed by atoms with van der Waals surface area (Å²) in [5.74, 6) is -56.8. The van der Waals surface area contributed by atoms with Crippen molar-refractivity contribution in [3.05, 3.63) is 12.2 Å². The summed E-state index contributed by atoms with van der Waals surface area (Å²) < 4.78 is 225. The number of amides is 1. The van der Waals surface area contributed by atoms with Crippen LogP contribution in [0.25, 0.3) is 0 Å². The van der Waals surface area contributed by atoms with Crippen molar-refractivity contribution < 1.29 is 79.4 Å². The quantitative estimate of drug-likeness (QED) is 0.112. The van der Waals surface area contributed by atoms with Crippen LogP contribution in [0.1, 0.15) is 39.5 Å². The molecule has 19 heteroatoms. The summed E-state index contributed by atoms with van der Waals surface area (Å²) in [6.07, 6.45) is -12.3. The fourth-order valence-corrected chi connectivity index (χ4v) is 2.85. The zero-order chi connectivity index (χ0) is 31.0. The summed E-state index contributed by atoms with van der Waals surface area (Å²) in [5.41, 5.74) is 0.0385. The van der Waals surface area contributed by atoms with E-state index >= 15 is 0 Å². The van der Waals surface area contributed by atoms with E-state index in [1.165, 1.54) is 13.8 Å². The number of alkyl halides is 17. The molecule has 0 aromatic heterocycles. The molecule has 0 aromatic carbocycles. The summed E-state index contributed by atoms with van der Waals surface area (Å²) in [6, 6.07) is 0. The molecular formula is C19H20F17NO. The van der Waals surface area contributed by atoms with E-state index < -0.39 is 72.8 Å². The second-order valence-electron chi connectivity index (χ2n) is 8.12. The van der Waals surface area contributed by atoms with Crippen LogP contribution in [0.3, 0.4) is 0 Å². The van der Waals surface area contributed by atoms with Crippen LogP contribution in [0.4, 0.5) is 74.6 Å². The third-order valence-electron chi connectivity index (χ3n) is 5.24. The number of carbonyl (C=O) groups is 1. The lowest BCUT2D eigenvalue weighted by atomic mass is 9.88. The average molecular weight is 601 g/mol. The van der Waals surface area contributed by atoms with Crippen LogP contribution in [0.5, 0.6) is 0 Å². The number of nitrogens with zero attached hydrogens (tertiary/aromatic N) is 1. The van der Waals surface area contributed by atoms with E-state index in [1.807, 2.05) is 0 Å². The Bertz CT molecular complexity index is 847. The first-order chi connectivity index (χ1) is 16.5. The van der Waals surface area contributed by atoms with E-state index in [0.717, 1.165) is 4.90 Å². The Kier molecular flexibility index (Phi) is 10.3. The summed E-state index contributed by atoms with van der Waals surface area (Å²) in [6.45, 7) is 5.92. The zero-order valence-electron chi connectivity index (χ0n) is 19.2. The van der Waals surface area contributed by atoms with Crippen molar-refractivity contribution in [1.29, 1.82) is 0 Å². The van der Waals surface area contributed by atoms with E-state index in [-0.39, 0.29) is 25.1 Å². The van der Waals surface area contributed by atoms with Crippen molar-refractivity contribution in [1.82, 2.24) is 4.90 Å². The number of rotatable bonds is 14. The van der Waals surface area contributed by atoms with Crippen molar-refractivity contribution in [2.45, 2.75) is 87.2 Å². The highest BCUT2D eigenvalue weighted by Gasteiger charge is 2.95. The Morgan fingerprint density at radius 2 is 0.974 bits per heavy atom. The van der Waals surface area contributed by atoms with Crippen LogP contribution in [-0.2, 0) is 4.79 Å². The van der Waals surface area contributed by atoms with Gasteiger partial charge in [-0.25, -0.2) is 0 Å². The van der Waals surface area contributed by atoms with Crippen LogP contribution in [0.15, 0.2) is 12.2 Å². The highest BCUT2D eigenvalue weighted by atomic mass is 19.4.